The summed E-state index contributed by atoms with van der Waals surface area (Å²) in [6, 6.07) is 1.55. The Balaban J connectivity index is 3.08. The van der Waals surface area contributed by atoms with Crippen LogP contribution in [-0.2, 0) is 0 Å². The number of ketones is 1. The van der Waals surface area contributed by atoms with E-state index >= 15 is 0 Å². The van der Waals surface area contributed by atoms with Crippen LogP contribution in [0.5, 0.6) is 0 Å². The largest absolute Gasteiger partial charge is 0.376 e. The van der Waals surface area contributed by atoms with E-state index in [4.69, 9.17) is 0 Å². The third kappa shape index (κ3) is 3.74. The Kier molecular flexibility index (Phi) is 5.20. The van der Waals surface area contributed by atoms with Crippen LogP contribution in [0.1, 0.15) is 49.5 Å². The lowest BCUT2D eigenvalue weighted by molar-refractivity contribution is 0.000539. The Morgan fingerprint density at radius 2 is 1.95 bits per heavy atom. The molecule has 0 saturated heterocycles. The Morgan fingerprint density at radius 3 is 2.35 bits per heavy atom. The monoisotopic (exact) mass is 287 g/mol. The Hall–Kier alpha value is -1.52. The van der Waals surface area contributed by atoms with Crippen LogP contribution < -0.4 is 5.32 Å². The molecule has 0 saturated carbocycles. The molecule has 0 radical (unpaired) electrons. The first-order chi connectivity index (χ1) is 9.20. The number of carbonyl (C=O) groups is 1. The summed E-state index contributed by atoms with van der Waals surface area (Å²) in [5.41, 5.74) is 0.754. The summed E-state index contributed by atoms with van der Waals surface area (Å²) in [6.07, 6.45) is 0.412. The summed E-state index contributed by atoms with van der Waals surface area (Å²) in [6.45, 7) is 5.71. The number of rotatable bonds is 6. The van der Waals surface area contributed by atoms with Crippen LogP contribution in [0.3, 0.4) is 0 Å². The van der Waals surface area contributed by atoms with Crippen molar-refractivity contribution in [1.29, 1.82) is 0 Å². The fourth-order valence-corrected chi connectivity index (χ4v) is 2.15. The molecular formula is C15H20F3NO. The number of Topliss-reactive ketones (excluding diaryl/α,β-unsaturated/α-hetero) is 1. The normalized spacial score (nSPS) is 13.2. The molecule has 0 heterocycles. The highest BCUT2D eigenvalue weighted by Crippen LogP contribution is 2.26. The van der Waals surface area contributed by atoms with Crippen LogP contribution >= 0.6 is 0 Å². The highest BCUT2D eigenvalue weighted by Gasteiger charge is 2.32. The SMILES string of the molecule is CCC(=O)c1c(C)cc(NC(CC)C(C)(F)F)cc1F. The number of hydrogen-bond acceptors (Lipinski definition) is 2. The molecule has 20 heavy (non-hydrogen) atoms. The fourth-order valence-electron chi connectivity index (χ4n) is 2.15. The number of alkyl halides is 2. The zero-order chi connectivity index (χ0) is 15.5. The van der Waals surface area contributed by atoms with Gasteiger partial charge >= 0.3 is 0 Å². The van der Waals surface area contributed by atoms with Crippen LogP contribution in [0.15, 0.2) is 12.1 Å². The highest BCUT2D eigenvalue weighted by atomic mass is 19.3. The molecule has 0 bridgehead atoms. The Morgan fingerprint density at radius 1 is 1.35 bits per heavy atom. The van der Waals surface area contributed by atoms with Crippen molar-refractivity contribution in [2.24, 2.45) is 0 Å². The maximum atomic E-state index is 14.0. The van der Waals surface area contributed by atoms with E-state index in [9.17, 15) is 18.0 Å². The van der Waals surface area contributed by atoms with Crippen molar-refractivity contribution < 1.29 is 18.0 Å². The van der Waals surface area contributed by atoms with Gasteiger partial charge in [-0.1, -0.05) is 13.8 Å². The first-order valence-corrected chi connectivity index (χ1v) is 6.68. The summed E-state index contributed by atoms with van der Waals surface area (Å²) < 4.78 is 40.6. The highest BCUT2D eigenvalue weighted by molar-refractivity contribution is 5.97. The lowest BCUT2D eigenvalue weighted by Gasteiger charge is -2.25. The standard InChI is InChI=1S/C15H20F3NO/c1-5-12(20)14-9(3)7-10(8-11(14)16)19-13(6-2)15(4,17)18/h7-8,13,19H,5-6H2,1-4H3. The van der Waals surface area contributed by atoms with Gasteiger partial charge in [0.25, 0.3) is 5.92 Å². The second kappa shape index (κ2) is 6.29. The molecule has 5 heteroatoms. The molecule has 0 aliphatic heterocycles. The average molecular weight is 287 g/mol. The maximum absolute atomic E-state index is 14.0. The number of anilines is 1. The predicted molar refractivity (Wildman–Crippen MR) is 74.1 cm³/mol. The summed E-state index contributed by atoms with van der Waals surface area (Å²) >= 11 is 0. The van der Waals surface area contributed by atoms with Crippen molar-refractivity contribution >= 4 is 11.5 Å². The van der Waals surface area contributed by atoms with E-state index in [-0.39, 0.29) is 29.9 Å². The topological polar surface area (TPSA) is 29.1 Å². The van der Waals surface area contributed by atoms with Crippen LogP contribution in [-0.4, -0.2) is 17.7 Å². The molecular weight excluding hydrogens is 267 g/mol. The average Bonchev–Trinajstić information content (AvgIpc) is 2.33. The van der Waals surface area contributed by atoms with Crippen molar-refractivity contribution in [2.75, 3.05) is 5.32 Å². The van der Waals surface area contributed by atoms with E-state index in [1.54, 1.807) is 20.8 Å². The molecule has 1 unspecified atom stereocenters. The maximum Gasteiger partial charge on any atom is 0.265 e. The quantitative estimate of drug-likeness (QED) is 0.776. The smallest absolute Gasteiger partial charge is 0.265 e. The molecule has 0 aliphatic rings. The van der Waals surface area contributed by atoms with Crippen molar-refractivity contribution in [3.63, 3.8) is 0 Å². The Bertz CT molecular complexity index is 471. The minimum atomic E-state index is -2.91. The third-order valence-electron chi connectivity index (χ3n) is 3.25. The second-order valence-corrected chi connectivity index (χ2v) is 4.99. The first kappa shape index (κ1) is 16.5. The second-order valence-electron chi connectivity index (χ2n) is 4.99. The fraction of sp³-hybridized carbons (Fsp3) is 0.533. The van der Waals surface area contributed by atoms with Gasteiger partial charge in [0.2, 0.25) is 0 Å². The number of halogens is 3. The molecule has 1 rings (SSSR count). The number of nitrogens with one attached hydrogen (secondary N) is 1. The van der Waals surface area contributed by atoms with Crippen molar-refractivity contribution in [2.45, 2.75) is 52.5 Å². The van der Waals surface area contributed by atoms with Gasteiger partial charge in [0, 0.05) is 19.0 Å². The van der Waals surface area contributed by atoms with Crippen molar-refractivity contribution in [3.05, 3.63) is 29.1 Å². The van der Waals surface area contributed by atoms with Gasteiger partial charge in [-0.25, -0.2) is 13.2 Å². The van der Waals surface area contributed by atoms with Crippen LogP contribution in [0.2, 0.25) is 0 Å². The lowest BCUT2D eigenvalue weighted by Crippen LogP contribution is -2.36. The third-order valence-corrected chi connectivity index (χ3v) is 3.25. The molecule has 1 atom stereocenters. The molecule has 112 valence electrons. The molecule has 0 aromatic heterocycles. The van der Waals surface area contributed by atoms with Gasteiger partial charge in [0.1, 0.15) is 5.82 Å². The number of benzene rings is 1. The van der Waals surface area contributed by atoms with Gasteiger partial charge in [0.15, 0.2) is 5.78 Å². The van der Waals surface area contributed by atoms with E-state index < -0.39 is 17.8 Å². The number of hydrogen-bond donors (Lipinski definition) is 1. The van der Waals surface area contributed by atoms with E-state index in [2.05, 4.69) is 5.32 Å². The zero-order valence-electron chi connectivity index (χ0n) is 12.2. The number of carbonyl (C=O) groups excluding carboxylic acids is 1. The lowest BCUT2D eigenvalue weighted by atomic mass is 10.0. The van der Waals surface area contributed by atoms with E-state index in [0.717, 1.165) is 13.0 Å². The molecule has 0 amide bonds. The van der Waals surface area contributed by atoms with Crippen molar-refractivity contribution in [1.82, 2.24) is 0 Å². The predicted octanol–water partition coefficient (Wildman–Crippen LogP) is 4.57. The molecule has 0 spiro atoms. The molecule has 0 fully saturated rings. The molecule has 1 aromatic rings. The molecule has 2 nitrogen and oxygen atoms in total. The molecule has 1 aromatic carbocycles. The van der Waals surface area contributed by atoms with Gasteiger partial charge in [-0.15, -0.1) is 0 Å². The van der Waals surface area contributed by atoms with E-state index in [1.165, 1.54) is 6.07 Å². The minimum absolute atomic E-state index is 0.0364. The molecule has 0 aliphatic carbocycles. The van der Waals surface area contributed by atoms with Gasteiger partial charge < -0.3 is 5.32 Å². The van der Waals surface area contributed by atoms with E-state index in [1.807, 2.05) is 0 Å². The summed E-state index contributed by atoms with van der Waals surface area (Å²) in [4.78, 5) is 11.6. The summed E-state index contributed by atoms with van der Waals surface area (Å²) in [5, 5.41) is 2.63. The van der Waals surface area contributed by atoms with Crippen LogP contribution in [0, 0.1) is 12.7 Å². The van der Waals surface area contributed by atoms with Gasteiger partial charge in [0.05, 0.1) is 11.6 Å². The van der Waals surface area contributed by atoms with Gasteiger partial charge in [-0.05, 0) is 31.0 Å². The van der Waals surface area contributed by atoms with Crippen LogP contribution in [0.25, 0.3) is 0 Å². The number of aryl methyl sites for hydroxylation is 1. The summed E-state index contributed by atoms with van der Waals surface area (Å²) in [5.74, 6) is -3.87. The first-order valence-electron chi connectivity index (χ1n) is 6.68. The Labute approximate surface area is 117 Å². The summed E-state index contributed by atoms with van der Waals surface area (Å²) in [7, 11) is 0. The van der Waals surface area contributed by atoms with E-state index in [0.29, 0.717) is 5.56 Å². The van der Waals surface area contributed by atoms with Gasteiger partial charge in [-0.3, -0.25) is 4.79 Å². The van der Waals surface area contributed by atoms with Crippen LogP contribution in [0.4, 0.5) is 18.9 Å². The minimum Gasteiger partial charge on any atom is -0.376 e. The zero-order valence-corrected chi connectivity index (χ0v) is 12.2. The van der Waals surface area contributed by atoms with Gasteiger partial charge in [-0.2, -0.15) is 0 Å². The van der Waals surface area contributed by atoms with Crippen molar-refractivity contribution in [3.8, 4) is 0 Å². The molecule has 1 N–H and O–H groups in total.